The van der Waals surface area contributed by atoms with Crippen molar-refractivity contribution in [1.29, 1.82) is 0 Å². The zero-order valence-electron chi connectivity index (χ0n) is 20.3. The molecule has 2 heterocycles. The molecule has 2 aliphatic rings. The standard InChI is InChI=1S/C26H37N3O4/c1-25(2,3)33-24(31)27-21(15-18-16-28(4)22-11-6-5-10-20(18)22)23(30)29-14-13-26(32)12-8-7-9-19(26)17-29/h5-6,10-11,16,19,21,32H,7-9,12-15,17H2,1-4H3,(H,27,31)/t19?,21-,26?/m0/s1. The van der Waals surface area contributed by atoms with E-state index < -0.39 is 23.3 Å². The summed E-state index contributed by atoms with van der Waals surface area (Å²) in [7, 11) is 1.98. The lowest BCUT2D eigenvalue weighted by molar-refractivity contribution is -0.145. The zero-order valence-corrected chi connectivity index (χ0v) is 20.3. The molecule has 2 fully saturated rings. The van der Waals surface area contributed by atoms with Crippen LogP contribution >= 0.6 is 0 Å². The van der Waals surface area contributed by atoms with Gasteiger partial charge in [-0.25, -0.2) is 4.79 Å². The van der Waals surface area contributed by atoms with Crippen LogP contribution in [0, 0.1) is 5.92 Å². The molecule has 1 saturated carbocycles. The maximum absolute atomic E-state index is 13.7. The van der Waals surface area contributed by atoms with Crippen LogP contribution in [0.4, 0.5) is 4.79 Å². The number of carbonyl (C=O) groups excluding carboxylic acids is 2. The van der Waals surface area contributed by atoms with Crippen LogP contribution in [0.1, 0.15) is 58.4 Å². The summed E-state index contributed by atoms with van der Waals surface area (Å²) in [5.74, 6) is -0.00917. The molecule has 1 aromatic carbocycles. The van der Waals surface area contributed by atoms with E-state index in [9.17, 15) is 14.7 Å². The minimum atomic E-state index is -0.736. The number of carbonyl (C=O) groups is 2. The summed E-state index contributed by atoms with van der Waals surface area (Å²) in [6.07, 6.45) is 6.30. The van der Waals surface area contributed by atoms with Crippen LogP contribution in [0.3, 0.4) is 0 Å². The first-order chi connectivity index (χ1) is 15.6. The fourth-order valence-corrected chi connectivity index (χ4v) is 5.45. The van der Waals surface area contributed by atoms with Gasteiger partial charge in [0.05, 0.1) is 5.60 Å². The number of ether oxygens (including phenoxy) is 1. The average molecular weight is 456 g/mol. The highest BCUT2D eigenvalue weighted by Crippen LogP contribution is 2.40. The zero-order chi connectivity index (χ0) is 23.8. The molecule has 1 aliphatic heterocycles. The summed E-state index contributed by atoms with van der Waals surface area (Å²) in [5.41, 5.74) is 0.787. The number of piperidine rings is 1. The molecule has 1 aliphatic carbocycles. The molecule has 2 amide bonds. The second-order valence-corrected chi connectivity index (χ2v) is 10.8. The molecule has 4 rings (SSSR count). The molecule has 0 radical (unpaired) electrons. The number of nitrogens with one attached hydrogen (secondary N) is 1. The minimum Gasteiger partial charge on any atom is -0.444 e. The number of hydrogen-bond donors (Lipinski definition) is 2. The fourth-order valence-electron chi connectivity index (χ4n) is 5.45. The predicted molar refractivity (Wildman–Crippen MR) is 128 cm³/mol. The number of alkyl carbamates (subject to hydrolysis) is 1. The maximum Gasteiger partial charge on any atom is 0.408 e. The topological polar surface area (TPSA) is 83.8 Å². The number of nitrogens with zero attached hydrogens (tertiary/aromatic N) is 2. The van der Waals surface area contributed by atoms with Gasteiger partial charge < -0.3 is 24.6 Å². The molecule has 7 nitrogen and oxygen atoms in total. The molecule has 2 aromatic rings. The van der Waals surface area contributed by atoms with Gasteiger partial charge in [0.1, 0.15) is 11.6 Å². The van der Waals surface area contributed by atoms with Crippen molar-refractivity contribution in [2.45, 2.75) is 76.5 Å². The van der Waals surface area contributed by atoms with Crippen molar-refractivity contribution >= 4 is 22.9 Å². The van der Waals surface area contributed by atoms with Gasteiger partial charge >= 0.3 is 6.09 Å². The monoisotopic (exact) mass is 455 g/mol. The summed E-state index contributed by atoms with van der Waals surface area (Å²) in [6, 6.07) is 7.33. The molecule has 0 bridgehead atoms. The molecular formula is C26H37N3O4. The first-order valence-electron chi connectivity index (χ1n) is 12.1. The van der Waals surface area contributed by atoms with Crippen LogP contribution in [0.5, 0.6) is 0 Å². The van der Waals surface area contributed by atoms with Crippen LogP contribution < -0.4 is 5.32 Å². The molecular weight excluding hydrogens is 418 g/mol. The molecule has 2 N–H and O–H groups in total. The summed E-state index contributed by atoms with van der Waals surface area (Å²) in [5, 5.41) is 15.0. The first kappa shape index (κ1) is 23.6. The Kier molecular flexibility index (Phi) is 6.45. The van der Waals surface area contributed by atoms with Gasteiger partial charge in [0.25, 0.3) is 0 Å². The van der Waals surface area contributed by atoms with E-state index in [0.717, 1.165) is 42.1 Å². The number of likely N-dealkylation sites (tertiary alicyclic amines) is 1. The van der Waals surface area contributed by atoms with Gasteiger partial charge in [-0.2, -0.15) is 0 Å². The van der Waals surface area contributed by atoms with E-state index in [-0.39, 0.29) is 11.8 Å². The summed E-state index contributed by atoms with van der Waals surface area (Å²) in [6.45, 7) is 6.47. The van der Waals surface area contributed by atoms with Gasteiger partial charge in [-0.1, -0.05) is 31.0 Å². The first-order valence-corrected chi connectivity index (χ1v) is 12.1. The Morgan fingerprint density at radius 1 is 1.24 bits per heavy atom. The van der Waals surface area contributed by atoms with Crippen LogP contribution in [0.15, 0.2) is 30.5 Å². The Morgan fingerprint density at radius 2 is 2.00 bits per heavy atom. The van der Waals surface area contributed by atoms with Gasteiger partial charge in [-0.05, 0) is 51.7 Å². The van der Waals surface area contributed by atoms with Crippen LogP contribution in [0.2, 0.25) is 0 Å². The summed E-state index contributed by atoms with van der Waals surface area (Å²) in [4.78, 5) is 28.2. The van der Waals surface area contributed by atoms with Gasteiger partial charge in [-0.15, -0.1) is 0 Å². The summed E-state index contributed by atoms with van der Waals surface area (Å²) < 4.78 is 7.52. The van der Waals surface area contributed by atoms with E-state index in [1.807, 2.05) is 67.7 Å². The van der Waals surface area contributed by atoms with E-state index in [2.05, 4.69) is 5.32 Å². The minimum absolute atomic E-state index is 0.101. The quantitative estimate of drug-likeness (QED) is 0.735. The second-order valence-electron chi connectivity index (χ2n) is 10.8. The molecule has 1 saturated heterocycles. The van der Waals surface area contributed by atoms with Crippen LogP contribution in [-0.4, -0.2) is 56.9 Å². The van der Waals surface area contributed by atoms with Crippen molar-refractivity contribution < 1.29 is 19.4 Å². The molecule has 3 atom stereocenters. The Balaban J connectivity index is 1.57. The van der Waals surface area contributed by atoms with Crippen molar-refractivity contribution in [2.24, 2.45) is 13.0 Å². The van der Waals surface area contributed by atoms with Crippen LogP contribution in [0.25, 0.3) is 10.9 Å². The van der Waals surface area contributed by atoms with E-state index in [1.54, 1.807) is 0 Å². The molecule has 180 valence electrons. The Labute approximate surface area is 196 Å². The van der Waals surface area contributed by atoms with E-state index in [0.29, 0.717) is 25.9 Å². The van der Waals surface area contributed by atoms with Crippen molar-refractivity contribution in [1.82, 2.24) is 14.8 Å². The molecule has 7 heteroatoms. The lowest BCUT2D eigenvalue weighted by Gasteiger charge is -2.48. The van der Waals surface area contributed by atoms with E-state index in [4.69, 9.17) is 4.74 Å². The van der Waals surface area contributed by atoms with Gasteiger partial charge in [-0.3, -0.25) is 4.79 Å². The number of benzene rings is 1. The SMILES string of the molecule is Cn1cc(C[C@H](NC(=O)OC(C)(C)C)C(=O)N2CCC3(O)CCCCC3C2)c2ccccc21. The van der Waals surface area contributed by atoms with Crippen molar-refractivity contribution in [3.63, 3.8) is 0 Å². The van der Waals surface area contributed by atoms with Gasteiger partial charge in [0.2, 0.25) is 5.91 Å². The number of para-hydroxylation sites is 1. The van der Waals surface area contributed by atoms with Crippen molar-refractivity contribution in [3.8, 4) is 0 Å². The third-order valence-electron chi connectivity index (χ3n) is 7.13. The maximum atomic E-state index is 13.7. The van der Waals surface area contributed by atoms with E-state index >= 15 is 0 Å². The van der Waals surface area contributed by atoms with Gasteiger partial charge in [0.15, 0.2) is 0 Å². The molecule has 2 unspecified atom stereocenters. The second kappa shape index (κ2) is 9.01. The highest BCUT2D eigenvalue weighted by molar-refractivity contribution is 5.88. The third-order valence-corrected chi connectivity index (χ3v) is 7.13. The fraction of sp³-hybridized carbons (Fsp3) is 0.615. The molecule has 33 heavy (non-hydrogen) atoms. The van der Waals surface area contributed by atoms with E-state index in [1.165, 1.54) is 0 Å². The predicted octanol–water partition coefficient (Wildman–Crippen LogP) is 3.77. The lowest BCUT2D eigenvalue weighted by atomic mass is 9.71. The Morgan fingerprint density at radius 3 is 2.76 bits per heavy atom. The number of fused-ring (bicyclic) bond motifs is 2. The Hall–Kier alpha value is -2.54. The number of aliphatic hydroxyl groups is 1. The number of hydrogen-bond acceptors (Lipinski definition) is 4. The highest BCUT2D eigenvalue weighted by Gasteiger charge is 2.44. The van der Waals surface area contributed by atoms with Crippen molar-refractivity contribution in [3.05, 3.63) is 36.0 Å². The lowest BCUT2D eigenvalue weighted by Crippen LogP contribution is -2.58. The number of aromatic nitrogens is 1. The average Bonchev–Trinajstić information content (AvgIpc) is 3.06. The van der Waals surface area contributed by atoms with Gasteiger partial charge in [0, 0.05) is 49.6 Å². The highest BCUT2D eigenvalue weighted by atomic mass is 16.6. The Bertz CT molecular complexity index is 1020. The van der Waals surface area contributed by atoms with Crippen LogP contribution in [-0.2, 0) is 23.0 Å². The number of aryl methyl sites for hydroxylation is 1. The largest absolute Gasteiger partial charge is 0.444 e. The summed E-state index contributed by atoms with van der Waals surface area (Å²) >= 11 is 0. The number of rotatable bonds is 4. The number of amides is 2. The van der Waals surface area contributed by atoms with Crippen molar-refractivity contribution in [2.75, 3.05) is 13.1 Å². The third kappa shape index (κ3) is 5.18. The smallest absolute Gasteiger partial charge is 0.408 e. The normalized spacial score (nSPS) is 24.3. The molecule has 1 aromatic heterocycles. The molecule has 0 spiro atoms.